The Kier molecular flexibility index (Phi) is 6.00. The Morgan fingerprint density at radius 3 is 2.48 bits per heavy atom. The summed E-state index contributed by atoms with van der Waals surface area (Å²) in [7, 11) is 5.69. The minimum atomic E-state index is -0.200. The lowest BCUT2D eigenvalue weighted by molar-refractivity contribution is 0.402. The van der Waals surface area contributed by atoms with Gasteiger partial charge in [0.1, 0.15) is 17.9 Å². The van der Waals surface area contributed by atoms with Gasteiger partial charge >= 0.3 is 0 Å². The Morgan fingerprint density at radius 2 is 1.77 bits per heavy atom. The van der Waals surface area contributed by atoms with Crippen molar-refractivity contribution in [3.8, 4) is 16.9 Å². The van der Waals surface area contributed by atoms with Crippen molar-refractivity contribution < 1.29 is 9.13 Å². The lowest BCUT2D eigenvalue weighted by Gasteiger charge is -2.13. The lowest BCUT2D eigenvalue weighted by atomic mass is 10.0. The first kappa shape index (κ1) is 21.0. The van der Waals surface area contributed by atoms with Gasteiger partial charge in [0.05, 0.1) is 7.11 Å². The normalized spacial score (nSPS) is 11.4. The van der Waals surface area contributed by atoms with E-state index < -0.39 is 0 Å². The van der Waals surface area contributed by atoms with Crippen molar-refractivity contribution in [3.63, 3.8) is 0 Å². The van der Waals surface area contributed by atoms with E-state index in [1.165, 1.54) is 5.56 Å². The van der Waals surface area contributed by atoms with Crippen LogP contribution in [-0.2, 0) is 19.4 Å². The number of hydrogen-bond donors (Lipinski definition) is 0. The number of aryl methyl sites for hydroxylation is 2. The second-order valence-corrected chi connectivity index (χ2v) is 8.07. The molecule has 4 rings (SSSR count). The third-order valence-electron chi connectivity index (χ3n) is 5.55. The fourth-order valence-corrected chi connectivity index (χ4v) is 3.95. The third-order valence-corrected chi connectivity index (χ3v) is 5.55. The lowest BCUT2D eigenvalue weighted by Crippen LogP contribution is -2.10. The molecule has 0 aliphatic rings. The molecule has 0 unspecified atom stereocenters. The zero-order valence-corrected chi connectivity index (χ0v) is 18.4. The largest absolute Gasteiger partial charge is 0.496 e. The smallest absolute Gasteiger partial charge is 0.168 e. The van der Waals surface area contributed by atoms with Crippen LogP contribution in [0.1, 0.15) is 22.4 Å². The molecule has 2 aromatic heterocycles. The Bertz CT molecular complexity index is 1200. The van der Waals surface area contributed by atoms with Gasteiger partial charge in [-0.25, -0.2) is 4.39 Å². The molecule has 0 N–H and O–H groups in total. The van der Waals surface area contributed by atoms with Crippen molar-refractivity contribution >= 4 is 5.65 Å². The highest BCUT2D eigenvalue weighted by Gasteiger charge is 2.15. The molecule has 0 bridgehead atoms. The van der Waals surface area contributed by atoms with Crippen LogP contribution in [0.3, 0.4) is 0 Å². The summed E-state index contributed by atoms with van der Waals surface area (Å²) < 4.78 is 22.1. The fraction of sp³-hybridized carbons (Fsp3) is 0.280. The van der Waals surface area contributed by atoms with E-state index in [-0.39, 0.29) is 5.82 Å². The summed E-state index contributed by atoms with van der Waals surface area (Å²) in [6.07, 6.45) is 2.90. The van der Waals surface area contributed by atoms with E-state index in [2.05, 4.69) is 65.6 Å². The number of fused-ring (bicyclic) bond motifs is 1. The van der Waals surface area contributed by atoms with Gasteiger partial charge < -0.3 is 9.64 Å². The molecular weight excluding hydrogens is 391 g/mol. The van der Waals surface area contributed by atoms with Crippen molar-refractivity contribution in [3.05, 3.63) is 83.1 Å². The van der Waals surface area contributed by atoms with Crippen LogP contribution in [0.2, 0.25) is 0 Å². The van der Waals surface area contributed by atoms with E-state index in [9.17, 15) is 4.39 Å². The number of hydrogen-bond acceptors (Lipinski definition) is 4. The number of halogens is 1. The Hall–Kier alpha value is -3.25. The van der Waals surface area contributed by atoms with E-state index in [0.717, 1.165) is 29.0 Å². The van der Waals surface area contributed by atoms with Crippen LogP contribution in [-0.4, -0.2) is 40.7 Å². The number of rotatable bonds is 7. The number of benzene rings is 2. The van der Waals surface area contributed by atoms with Gasteiger partial charge in [-0.3, -0.25) is 4.40 Å². The monoisotopic (exact) mass is 418 g/mol. The maximum atomic E-state index is 14.7. The molecule has 0 fully saturated rings. The Morgan fingerprint density at radius 1 is 1.00 bits per heavy atom. The molecule has 0 aliphatic heterocycles. The van der Waals surface area contributed by atoms with E-state index >= 15 is 0 Å². The van der Waals surface area contributed by atoms with Gasteiger partial charge in [-0.05, 0) is 68.8 Å². The van der Waals surface area contributed by atoms with Crippen molar-refractivity contribution in [2.24, 2.45) is 0 Å². The van der Waals surface area contributed by atoms with Crippen LogP contribution in [0, 0.1) is 12.7 Å². The summed E-state index contributed by atoms with van der Waals surface area (Å²) in [5.74, 6) is 0.381. The van der Waals surface area contributed by atoms with Gasteiger partial charge in [0.2, 0.25) is 0 Å². The molecule has 31 heavy (non-hydrogen) atoms. The highest BCUT2D eigenvalue weighted by Crippen LogP contribution is 2.28. The highest BCUT2D eigenvalue weighted by atomic mass is 19.1. The summed E-state index contributed by atoms with van der Waals surface area (Å²) >= 11 is 0. The molecule has 0 saturated heterocycles. The first-order chi connectivity index (χ1) is 15.0. The minimum Gasteiger partial charge on any atom is -0.496 e. The fourth-order valence-electron chi connectivity index (χ4n) is 3.95. The zero-order chi connectivity index (χ0) is 22.0. The molecule has 0 aliphatic carbocycles. The summed E-state index contributed by atoms with van der Waals surface area (Å²) in [6.45, 7) is 2.67. The first-order valence-corrected chi connectivity index (χ1v) is 10.4. The molecule has 4 aromatic rings. The van der Waals surface area contributed by atoms with Crippen LogP contribution in [0.15, 0.2) is 54.9 Å². The number of pyridine rings is 1. The van der Waals surface area contributed by atoms with E-state index in [0.29, 0.717) is 29.7 Å². The molecule has 5 nitrogen and oxygen atoms in total. The van der Waals surface area contributed by atoms with Crippen LogP contribution < -0.4 is 4.74 Å². The zero-order valence-electron chi connectivity index (χ0n) is 18.4. The molecule has 0 saturated carbocycles. The van der Waals surface area contributed by atoms with Crippen molar-refractivity contribution in [2.75, 3.05) is 21.2 Å². The average molecular weight is 419 g/mol. The second-order valence-electron chi connectivity index (χ2n) is 8.07. The van der Waals surface area contributed by atoms with Gasteiger partial charge in [0.15, 0.2) is 5.65 Å². The van der Waals surface area contributed by atoms with E-state index in [1.54, 1.807) is 26.4 Å². The van der Waals surface area contributed by atoms with Gasteiger partial charge in [0, 0.05) is 23.4 Å². The number of methoxy groups -OCH3 is 1. The van der Waals surface area contributed by atoms with Gasteiger partial charge in [0.25, 0.3) is 0 Å². The molecule has 0 atom stereocenters. The van der Waals surface area contributed by atoms with E-state index in [4.69, 9.17) is 4.74 Å². The van der Waals surface area contributed by atoms with Crippen molar-refractivity contribution in [1.82, 2.24) is 19.5 Å². The summed E-state index contributed by atoms with van der Waals surface area (Å²) in [5.41, 5.74) is 6.43. The Labute approximate surface area is 182 Å². The maximum absolute atomic E-state index is 14.7. The highest BCUT2D eigenvalue weighted by molar-refractivity contribution is 5.77. The Balaban J connectivity index is 1.63. The molecule has 2 aromatic carbocycles. The van der Waals surface area contributed by atoms with Gasteiger partial charge in [-0.2, -0.15) is 0 Å². The summed E-state index contributed by atoms with van der Waals surface area (Å²) in [6, 6.07) is 16.2. The first-order valence-electron chi connectivity index (χ1n) is 10.4. The molecule has 0 radical (unpaired) electrons. The molecule has 2 heterocycles. The molecule has 0 spiro atoms. The van der Waals surface area contributed by atoms with Crippen molar-refractivity contribution in [2.45, 2.75) is 26.3 Å². The SMILES string of the molecule is COc1ccc(C)c(F)c1CCc1ccc(-c2ccc(CN(C)C)cc2)c2nncn12. The number of ether oxygens (including phenoxy) is 1. The average Bonchev–Trinajstić information content (AvgIpc) is 3.25. The summed E-state index contributed by atoms with van der Waals surface area (Å²) in [4.78, 5) is 2.15. The quantitative estimate of drug-likeness (QED) is 0.436. The van der Waals surface area contributed by atoms with Crippen LogP contribution in [0.4, 0.5) is 4.39 Å². The summed E-state index contributed by atoms with van der Waals surface area (Å²) in [5, 5.41) is 8.49. The topological polar surface area (TPSA) is 42.7 Å². The maximum Gasteiger partial charge on any atom is 0.168 e. The molecule has 0 amide bonds. The third kappa shape index (κ3) is 4.30. The van der Waals surface area contributed by atoms with Crippen LogP contribution >= 0.6 is 0 Å². The molecular formula is C25H27FN4O. The van der Waals surface area contributed by atoms with E-state index in [1.807, 2.05) is 10.5 Å². The van der Waals surface area contributed by atoms with Crippen molar-refractivity contribution in [1.29, 1.82) is 0 Å². The molecule has 160 valence electrons. The van der Waals surface area contributed by atoms with Crippen LogP contribution in [0.5, 0.6) is 5.75 Å². The van der Waals surface area contributed by atoms with Crippen LogP contribution in [0.25, 0.3) is 16.8 Å². The second kappa shape index (κ2) is 8.86. The predicted octanol–water partition coefficient (Wildman–Crippen LogP) is 4.70. The van der Waals surface area contributed by atoms with Gasteiger partial charge in [-0.15, -0.1) is 10.2 Å². The molecule has 6 heteroatoms. The minimum absolute atomic E-state index is 0.200. The number of aromatic nitrogens is 3. The predicted molar refractivity (Wildman–Crippen MR) is 121 cm³/mol. The standard InChI is InChI=1S/C25H27FN4O/c1-17-5-14-23(31-4)22(24(17)26)13-11-20-10-12-21(25-28-27-16-30(20)25)19-8-6-18(7-9-19)15-29(2)3/h5-10,12,14,16H,11,13,15H2,1-4H3. The van der Waals surface area contributed by atoms with Gasteiger partial charge in [-0.1, -0.05) is 30.3 Å². The number of nitrogens with zero attached hydrogens (tertiary/aromatic N) is 4.